The van der Waals surface area contributed by atoms with E-state index in [9.17, 15) is 4.79 Å². The molecule has 0 aromatic heterocycles. The van der Waals surface area contributed by atoms with E-state index in [4.69, 9.17) is 11.6 Å². The predicted octanol–water partition coefficient (Wildman–Crippen LogP) is 3.11. The number of likely N-dealkylation sites (N-methyl/N-ethyl adjacent to an activating group) is 1. The number of halogens is 1. The van der Waals surface area contributed by atoms with E-state index in [-0.39, 0.29) is 17.1 Å². The lowest BCUT2D eigenvalue weighted by Crippen LogP contribution is -2.24. The van der Waals surface area contributed by atoms with Crippen molar-refractivity contribution in [1.29, 1.82) is 0 Å². The zero-order valence-electron chi connectivity index (χ0n) is 10.3. The second kappa shape index (κ2) is 4.19. The summed E-state index contributed by atoms with van der Waals surface area (Å²) in [5.74, 6) is -0.0153. The molecule has 1 heterocycles. The van der Waals surface area contributed by atoms with Crippen molar-refractivity contribution in [2.24, 2.45) is 0 Å². The maximum atomic E-state index is 11.5. The number of allylic oxidation sites excluding steroid dienone is 2. The Morgan fingerprint density at radius 3 is 2.65 bits per heavy atom. The molecule has 0 amide bonds. The molecule has 2 nitrogen and oxygen atoms in total. The molecule has 0 atom stereocenters. The van der Waals surface area contributed by atoms with Crippen LogP contribution in [0.5, 0.6) is 0 Å². The largest absolute Gasteiger partial charge is 0.347 e. The van der Waals surface area contributed by atoms with E-state index >= 15 is 0 Å². The van der Waals surface area contributed by atoms with Crippen LogP contribution in [0.2, 0.25) is 0 Å². The highest BCUT2D eigenvalue weighted by Gasteiger charge is 2.38. The monoisotopic (exact) mass is 249 g/mol. The highest BCUT2D eigenvalue weighted by atomic mass is 35.5. The van der Waals surface area contributed by atoms with Gasteiger partial charge < -0.3 is 4.90 Å². The molecule has 3 heteroatoms. The van der Waals surface area contributed by atoms with Crippen molar-refractivity contribution < 1.29 is 4.79 Å². The van der Waals surface area contributed by atoms with Gasteiger partial charge in [-0.05, 0) is 11.6 Å². The average molecular weight is 250 g/mol. The first-order valence-corrected chi connectivity index (χ1v) is 6.16. The van der Waals surface area contributed by atoms with E-state index in [1.807, 2.05) is 19.2 Å². The van der Waals surface area contributed by atoms with Gasteiger partial charge in [-0.2, -0.15) is 0 Å². The molecule has 0 saturated heterocycles. The van der Waals surface area contributed by atoms with Gasteiger partial charge in [0.1, 0.15) is 0 Å². The van der Waals surface area contributed by atoms with Gasteiger partial charge in [0.05, 0.1) is 5.88 Å². The summed E-state index contributed by atoms with van der Waals surface area (Å²) in [7, 11) is 1.99. The Balaban J connectivity index is 2.54. The summed E-state index contributed by atoms with van der Waals surface area (Å²) in [6.07, 6.45) is 1.66. The Morgan fingerprint density at radius 1 is 1.41 bits per heavy atom. The van der Waals surface area contributed by atoms with Crippen LogP contribution >= 0.6 is 11.6 Å². The van der Waals surface area contributed by atoms with Crippen molar-refractivity contribution in [3.63, 3.8) is 0 Å². The van der Waals surface area contributed by atoms with Crippen LogP contribution in [0.15, 0.2) is 36.0 Å². The van der Waals surface area contributed by atoms with E-state index in [0.29, 0.717) is 0 Å². The summed E-state index contributed by atoms with van der Waals surface area (Å²) >= 11 is 5.57. The summed E-state index contributed by atoms with van der Waals surface area (Å²) in [6, 6.07) is 8.22. The van der Waals surface area contributed by atoms with Crippen molar-refractivity contribution in [2.75, 3.05) is 17.8 Å². The predicted molar refractivity (Wildman–Crippen MR) is 71.7 cm³/mol. The Kier molecular flexibility index (Phi) is 3.00. The smallest absolute Gasteiger partial charge is 0.172 e. The fourth-order valence-electron chi connectivity index (χ4n) is 2.45. The van der Waals surface area contributed by atoms with Crippen LogP contribution in [0.3, 0.4) is 0 Å². The normalized spacial score (nSPS) is 19.5. The number of carbonyl (C=O) groups excluding carboxylic acids is 1. The van der Waals surface area contributed by atoms with Gasteiger partial charge in [-0.1, -0.05) is 32.0 Å². The average Bonchev–Trinajstić information content (AvgIpc) is 2.51. The molecule has 1 aliphatic heterocycles. The van der Waals surface area contributed by atoms with Crippen LogP contribution in [0.4, 0.5) is 5.69 Å². The van der Waals surface area contributed by atoms with E-state index in [1.54, 1.807) is 6.08 Å². The Hall–Kier alpha value is -1.28. The molecule has 17 heavy (non-hydrogen) atoms. The van der Waals surface area contributed by atoms with Crippen molar-refractivity contribution in [1.82, 2.24) is 0 Å². The quantitative estimate of drug-likeness (QED) is 0.593. The van der Waals surface area contributed by atoms with E-state index in [0.717, 1.165) is 11.4 Å². The highest BCUT2D eigenvalue weighted by molar-refractivity contribution is 6.29. The van der Waals surface area contributed by atoms with Crippen LogP contribution in [0.25, 0.3) is 0 Å². The number of benzene rings is 1. The summed E-state index contributed by atoms with van der Waals surface area (Å²) in [4.78, 5) is 13.6. The first kappa shape index (κ1) is 12.2. The van der Waals surface area contributed by atoms with Crippen LogP contribution < -0.4 is 4.90 Å². The van der Waals surface area contributed by atoms with Gasteiger partial charge in [0, 0.05) is 29.9 Å². The number of alkyl halides is 1. The second-order valence-electron chi connectivity index (χ2n) is 4.83. The number of fused-ring (bicyclic) bond motifs is 1. The first-order chi connectivity index (χ1) is 7.98. The van der Waals surface area contributed by atoms with Gasteiger partial charge in [0.15, 0.2) is 5.78 Å². The van der Waals surface area contributed by atoms with Crippen LogP contribution in [-0.2, 0) is 10.2 Å². The molecule has 90 valence electrons. The summed E-state index contributed by atoms with van der Waals surface area (Å²) in [5.41, 5.74) is 3.26. The molecular weight excluding hydrogens is 234 g/mol. The number of nitrogens with zero attached hydrogens (tertiary/aromatic N) is 1. The van der Waals surface area contributed by atoms with Crippen molar-refractivity contribution in [3.05, 3.63) is 41.6 Å². The van der Waals surface area contributed by atoms with Gasteiger partial charge >= 0.3 is 0 Å². The molecule has 0 aliphatic carbocycles. The Labute approximate surface area is 107 Å². The lowest BCUT2D eigenvalue weighted by atomic mass is 9.83. The summed E-state index contributed by atoms with van der Waals surface area (Å²) < 4.78 is 0. The molecular formula is C14H16ClNO. The molecule has 0 radical (unpaired) electrons. The molecule has 1 aromatic rings. The minimum atomic E-state index is -0.146. The number of rotatable bonds is 2. The minimum absolute atomic E-state index is 0.0315. The third-order valence-electron chi connectivity index (χ3n) is 3.37. The molecule has 0 fully saturated rings. The number of ketones is 1. The fraction of sp³-hybridized carbons (Fsp3) is 0.357. The Bertz CT molecular complexity index is 491. The number of para-hydroxylation sites is 1. The lowest BCUT2D eigenvalue weighted by Gasteiger charge is -2.23. The van der Waals surface area contributed by atoms with Crippen LogP contribution in [-0.4, -0.2) is 18.7 Å². The van der Waals surface area contributed by atoms with Crippen molar-refractivity contribution in [3.8, 4) is 0 Å². The SMILES string of the molecule is CN1/C(=C\C(=O)CCl)C(C)(C)c2ccccc21. The zero-order chi connectivity index (χ0) is 12.6. The molecule has 0 spiro atoms. The zero-order valence-corrected chi connectivity index (χ0v) is 11.1. The first-order valence-electron chi connectivity index (χ1n) is 5.62. The third-order valence-corrected chi connectivity index (χ3v) is 3.63. The van der Waals surface area contributed by atoms with Crippen LogP contribution in [0, 0.1) is 0 Å². The molecule has 1 aromatic carbocycles. The van der Waals surface area contributed by atoms with Gasteiger partial charge in [0.2, 0.25) is 0 Å². The van der Waals surface area contributed by atoms with Gasteiger partial charge in [-0.15, -0.1) is 11.6 Å². The molecule has 1 aliphatic rings. The molecule has 0 bridgehead atoms. The van der Waals surface area contributed by atoms with E-state index < -0.39 is 0 Å². The molecule has 0 N–H and O–H groups in total. The maximum absolute atomic E-state index is 11.5. The van der Waals surface area contributed by atoms with E-state index in [1.165, 1.54) is 5.56 Å². The number of anilines is 1. The summed E-state index contributed by atoms with van der Waals surface area (Å²) in [6.45, 7) is 4.26. The molecule has 0 saturated carbocycles. The highest BCUT2D eigenvalue weighted by Crippen LogP contribution is 2.46. The topological polar surface area (TPSA) is 20.3 Å². The minimum Gasteiger partial charge on any atom is -0.347 e. The third kappa shape index (κ3) is 1.87. The van der Waals surface area contributed by atoms with Gasteiger partial charge in [0.25, 0.3) is 0 Å². The Morgan fingerprint density at radius 2 is 2.06 bits per heavy atom. The van der Waals surface area contributed by atoms with Gasteiger partial charge in [-0.3, -0.25) is 4.79 Å². The van der Waals surface area contributed by atoms with Crippen molar-refractivity contribution in [2.45, 2.75) is 19.3 Å². The number of hydrogen-bond acceptors (Lipinski definition) is 2. The molecule has 0 unspecified atom stereocenters. The number of hydrogen-bond donors (Lipinski definition) is 0. The number of carbonyl (C=O) groups is 1. The fourth-order valence-corrected chi connectivity index (χ4v) is 2.53. The maximum Gasteiger partial charge on any atom is 0.172 e. The standard InChI is InChI=1S/C14H16ClNO/c1-14(2)11-6-4-5-7-12(11)16(3)13(14)8-10(17)9-15/h4-8H,9H2,1-3H3/b13-8-. The second-order valence-corrected chi connectivity index (χ2v) is 5.10. The summed E-state index contributed by atoms with van der Waals surface area (Å²) in [5, 5.41) is 0. The van der Waals surface area contributed by atoms with Crippen molar-refractivity contribution >= 4 is 23.1 Å². The molecule has 2 rings (SSSR count). The lowest BCUT2D eigenvalue weighted by molar-refractivity contribution is -0.112. The van der Waals surface area contributed by atoms with Crippen LogP contribution in [0.1, 0.15) is 19.4 Å². The van der Waals surface area contributed by atoms with Gasteiger partial charge in [-0.25, -0.2) is 0 Å². The van der Waals surface area contributed by atoms with E-state index in [2.05, 4.69) is 30.9 Å².